The molecule has 0 aromatic carbocycles. The maximum Gasteiger partial charge on any atom is 0.290 e. The second kappa shape index (κ2) is 3.40. The fourth-order valence-corrected chi connectivity index (χ4v) is 0.940. The van der Waals surface area contributed by atoms with Gasteiger partial charge in [0, 0.05) is 12.2 Å². The Bertz CT molecular complexity index is 317. The second-order valence-electron chi connectivity index (χ2n) is 2.94. The SMILES string of the molecule is CN(C)Cc1ccc(O)c(=O)[nH]1. The monoisotopic (exact) mass is 168 g/mol. The Morgan fingerprint density at radius 3 is 2.67 bits per heavy atom. The summed E-state index contributed by atoms with van der Waals surface area (Å²) < 4.78 is 0. The number of H-pyrrole nitrogens is 1. The molecule has 0 unspecified atom stereocenters. The lowest BCUT2D eigenvalue weighted by Crippen LogP contribution is -2.15. The van der Waals surface area contributed by atoms with E-state index in [2.05, 4.69) is 4.98 Å². The Morgan fingerprint density at radius 2 is 2.17 bits per heavy atom. The third-order valence-corrected chi connectivity index (χ3v) is 1.44. The van der Waals surface area contributed by atoms with Gasteiger partial charge in [-0.1, -0.05) is 0 Å². The van der Waals surface area contributed by atoms with Crippen molar-refractivity contribution in [3.05, 3.63) is 28.2 Å². The van der Waals surface area contributed by atoms with Crippen molar-refractivity contribution in [3.8, 4) is 5.75 Å². The highest BCUT2D eigenvalue weighted by molar-refractivity contribution is 5.18. The average Bonchev–Trinajstić information content (AvgIpc) is 1.96. The molecule has 0 amide bonds. The Morgan fingerprint density at radius 1 is 1.50 bits per heavy atom. The maximum absolute atomic E-state index is 10.9. The van der Waals surface area contributed by atoms with Gasteiger partial charge in [0.1, 0.15) is 0 Å². The Labute approximate surface area is 70.5 Å². The van der Waals surface area contributed by atoms with E-state index < -0.39 is 5.56 Å². The van der Waals surface area contributed by atoms with Crippen LogP contribution in [0.2, 0.25) is 0 Å². The highest BCUT2D eigenvalue weighted by Gasteiger charge is 1.98. The van der Waals surface area contributed by atoms with E-state index in [9.17, 15) is 4.79 Å². The molecule has 0 saturated heterocycles. The summed E-state index contributed by atoms with van der Waals surface area (Å²) in [7, 11) is 3.82. The number of nitrogens with one attached hydrogen (secondary N) is 1. The van der Waals surface area contributed by atoms with E-state index in [0.717, 1.165) is 5.69 Å². The van der Waals surface area contributed by atoms with Crippen molar-refractivity contribution in [3.63, 3.8) is 0 Å². The van der Waals surface area contributed by atoms with Gasteiger partial charge in [0.2, 0.25) is 0 Å². The normalized spacial score (nSPS) is 10.6. The van der Waals surface area contributed by atoms with E-state index >= 15 is 0 Å². The van der Waals surface area contributed by atoms with Gasteiger partial charge in [0.25, 0.3) is 5.56 Å². The van der Waals surface area contributed by atoms with Gasteiger partial charge >= 0.3 is 0 Å². The first-order valence-electron chi connectivity index (χ1n) is 3.65. The molecule has 4 heteroatoms. The molecule has 0 radical (unpaired) electrons. The van der Waals surface area contributed by atoms with E-state index in [1.165, 1.54) is 6.07 Å². The van der Waals surface area contributed by atoms with Crippen molar-refractivity contribution in [1.82, 2.24) is 9.88 Å². The van der Waals surface area contributed by atoms with Crippen LogP contribution < -0.4 is 5.56 Å². The summed E-state index contributed by atoms with van der Waals surface area (Å²) in [6, 6.07) is 3.09. The van der Waals surface area contributed by atoms with E-state index in [4.69, 9.17) is 5.11 Å². The molecule has 0 fully saturated rings. The number of hydrogen-bond donors (Lipinski definition) is 2. The summed E-state index contributed by atoms with van der Waals surface area (Å²) in [6.45, 7) is 0.662. The lowest BCUT2D eigenvalue weighted by atomic mass is 10.3. The summed E-state index contributed by atoms with van der Waals surface area (Å²) in [5.74, 6) is -0.238. The molecule has 2 N–H and O–H groups in total. The van der Waals surface area contributed by atoms with Crippen LogP contribution in [0.3, 0.4) is 0 Å². The lowest BCUT2D eigenvalue weighted by molar-refractivity contribution is 0.394. The lowest BCUT2D eigenvalue weighted by Gasteiger charge is -2.08. The van der Waals surface area contributed by atoms with Gasteiger partial charge in [-0.25, -0.2) is 0 Å². The maximum atomic E-state index is 10.9. The van der Waals surface area contributed by atoms with Crippen LogP contribution in [-0.4, -0.2) is 29.1 Å². The molecule has 1 heterocycles. The van der Waals surface area contributed by atoms with Gasteiger partial charge in [0.15, 0.2) is 5.75 Å². The number of pyridine rings is 1. The van der Waals surface area contributed by atoms with Gasteiger partial charge in [-0.15, -0.1) is 0 Å². The van der Waals surface area contributed by atoms with Crippen LogP contribution in [0.4, 0.5) is 0 Å². The van der Waals surface area contributed by atoms with Crippen molar-refractivity contribution < 1.29 is 5.11 Å². The van der Waals surface area contributed by atoms with Crippen molar-refractivity contribution in [2.75, 3.05) is 14.1 Å². The van der Waals surface area contributed by atoms with Gasteiger partial charge in [0.05, 0.1) is 0 Å². The van der Waals surface area contributed by atoms with Gasteiger partial charge in [-0.3, -0.25) is 4.79 Å². The molecular weight excluding hydrogens is 156 g/mol. The van der Waals surface area contributed by atoms with Crippen LogP contribution in [0.1, 0.15) is 5.69 Å². The molecule has 0 aliphatic carbocycles. The quantitative estimate of drug-likeness (QED) is 0.660. The summed E-state index contributed by atoms with van der Waals surface area (Å²) >= 11 is 0. The van der Waals surface area contributed by atoms with E-state index in [0.29, 0.717) is 6.54 Å². The molecular formula is C8H12N2O2. The average molecular weight is 168 g/mol. The Hall–Kier alpha value is -1.29. The molecule has 0 bridgehead atoms. The largest absolute Gasteiger partial charge is 0.503 e. The first kappa shape index (κ1) is 8.80. The zero-order valence-electron chi connectivity index (χ0n) is 7.16. The number of rotatable bonds is 2. The summed E-state index contributed by atoms with van der Waals surface area (Å²) in [5.41, 5.74) is 0.358. The van der Waals surface area contributed by atoms with Crippen molar-refractivity contribution in [1.29, 1.82) is 0 Å². The van der Waals surface area contributed by atoms with Crippen molar-refractivity contribution in [2.45, 2.75) is 6.54 Å². The van der Waals surface area contributed by atoms with Gasteiger partial charge in [-0.05, 0) is 26.2 Å². The number of hydrogen-bond acceptors (Lipinski definition) is 3. The van der Waals surface area contributed by atoms with Crippen molar-refractivity contribution >= 4 is 0 Å². The molecule has 4 nitrogen and oxygen atoms in total. The molecule has 0 spiro atoms. The Kier molecular flexibility index (Phi) is 2.50. The molecule has 12 heavy (non-hydrogen) atoms. The van der Waals surface area contributed by atoms with Gasteiger partial charge in [-0.2, -0.15) is 0 Å². The number of aromatic hydroxyl groups is 1. The zero-order valence-corrected chi connectivity index (χ0v) is 7.16. The fourth-order valence-electron chi connectivity index (χ4n) is 0.940. The minimum absolute atomic E-state index is 0.238. The number of aromatic nitrogens is 1. The fraction of sp³-hybridized carbons (Fsp3) is 0.375. The molecule has 0 atom stereocenters. The van der Waals surface area contributed by atoms with E-state index in [1.807, 2.05) is 19.0 Å². The molecule has 1 aromatic rings. The smallest absolute Gasteiger partial charge is 0.290 e. The molecule has 1 aromatic heterocycles. The third-order valence-electron chi connectivity index (χ3n) is 1.44. The van der Waals surface area contributed by atoms with Crippen molar-refractivity contribution in [2.24, 2.45) is 0 Å². The standard InChI is InChI=1S/C8H12N2O2/c1-10(2)5-6-3-4-7(11)8(12)9-6/h3-4,11H,5H2,1-2H3,(H,9,12). The molecule has 66 valence electrons. The van der Waals surface area contributed by atoms with E-state index in [-0.39, 0.29) is 5.75 Å². The van der Waals surface area contributed by atoms with Crippen LogP contribution >= 0.6 is 0 Å². The summed E-state index contributed by atoms with van der Waals surface area (Å²) in [6.07, 6.45) is 0. The van der Waals surface area contributed by atoms with Crippen LogP contribution in [0.25, 0.3) is 0 Å². The Balaban J connectivity index is 2.90. The van der Waals surface area contributed by atoms with Crippen LogP contribution in [0, 0.1) is 0 Å². The van der Waals surface area contributed by atoms with Crippen LogP contribution in [0.5, 0.6) is 5.75 Å². The first-order chi connectivity index (χ1) is 5.59. The predicted octanol–water partition coefficient (Wildman–Crippen LogP) is 0.142. The minimum atomic E-state index is -0.436. The summed E-state index contributed by atoms with van der Waals surface area (Å²) in [4.78, 5) is 15.4. The second-order valence-corrected chi connectivity index (χ2v) is 2.94. The molecule has 0 aliphatic rings. The molecule has 1 rings (SSSR count). The minimum Gasteiger partial charge on any atom is -0.503 e. The predicted molar refractivity (Wildman–Crippen MR) is 46.1 cm³/mol. The topological polar surface area (TPSA) is 56.3 Å². The zero-order chi connectivity index (χ0) is 9.14. The highest BCUT2D eigenvalue weighted by atomic mass is 16.3. The van der Waals surface area contributed by atoms with Crippen LogP contribution in [0.15, 0.2) is 16.9 Å². The third kappa shape index (κ3) is 2.10. The summed E-state index contributed by atoms with van der Waals surface area (Å²) in [5, 5.41) is 8.92. The molecule has 0 saturated carbocycles. The number of aromatic amines is 1. The highest BCUT2D eigenvalue weighted by Crippen LogP contribution is 2.00. The van der Waals surface area contributed by atoms with Crippen LogP contribution in [-0.2, 0) is 6.54 Å². The van der Waals surface area contributed by atoms with E-state index in [1.54, 1.807) is 6.07 Å². The number of nitrogens with zero attached hydrogens (tertiary/aromatic N) is 1. The van der Waals surface area contributed by atoms with Gasteiger partial charge < -0.3 is 15.0 Å². The first-order valence-corrected chi connectivity index (χ1v) is 3.65. The molecule has 0 aliphatic heterocycles.